The van der Waals surface area contributed by atoms with Crippen molar-refractivity contribution in [2.45, 2.75) is 58.7 Å². The van der Waals surface area contributed by atoms with Crippen LogP contribution in [0, 0.1) is 5.92 Å². The minimum atomic E-state index is -1.15. The Morgan fingerprint density at radius 1 is 1.06 bits per heavy atom. The van der Waals surface area contributed by atoms with E-state index in [4.69, 9.17) is 9.47 Å². The molecule has 4 heteroatoms. The van der Waals surface area contributed by atoms with Crippen LogP contribution in [0.3, 0.4) is 0 Å². The van der Waals surface area contributed by atoms with E-state index in [-0.39, 0.29) is 11.9 Å². The maximum atomic E-state index is 11.8. The molecule has 0 aromatic heterocycles. The van der Waals surface area contributed by atoms with Crippen molar-refractivity contribution in [3.8, 4) is 0 Å². The van der Waals surface area contributed by atoms with Crippen LogP contribution in [0.2, 0.25) is 0 Å². The van der Waals surface area contributed by atoms with Gasteiger partial charge in [-0.2, -0.15) is 0 Å². The number of rotatable bonds is 3. The third-order valence-electron chi connectivity index (χ3n) is 2.67. The number of hydrogen-bond acceptors (Lipinski definition) is 4. The summed E-state index contributed by atoms with van der Waals surface area (Å²) in [5, 5.41) is 0. The SMILES string of the molecule is CC(=O)OC(C)(C)OC(=O)C1CCCCC1. The molecule has 0 atom stereocenters. The number of esters is 2. The molecule has 0 bridgehead atoms. The van der Waals surface area contributed by atoms with E-state index in [9.17, 15) is 9.59 Å². The maximum Gasteiger partial charge on any atom is 0.312 e. The first-order valence-electron chi connectivity index (χ1n) is 5.83. The van der Waals surface area contributed by atoms with E-state index in [1.165, 1.54) is 13.3 Å². The second-order valence-corrected chi connectivity index (χ2v) is 4.75. The summed E-state index contributed by atoms with van der Waals surface area (Å²) in [6.45, 7) is 4.46. The Kier molecular flexibility index (Phi) is 4.33. The van der Waals surface area contributed by atoms with Crippen molar-refractivity contribution >= 4 is 11.9 Å². The van der Waals surface area contributed by atoms with Crippen molar-refractivity contribution in [3.05, 3.63) is 0 Å². The molecule has 0 amide bonds. The predicted octanol–water partition coefficient (Wildman–Crippen LogP) is 2.41. The van der Waals surface area contributed by atoms with Crippen LogP contribution in [-0.2, 0) is 19.1 Å². The molecule has 0 saturated heterocycles. The highest BCUT2D eigenvalue weighted by Gasteiger charge is 2.31. The Bertz CT molecular complexity index is 264. The largest absolute Gasteiger partial charge is 0.423 e. The van der Waals surface area contributed by atoms with Crippen molar-refractivity contribution in [1.82, 2.24) is 0 Å². The number of carbonyl (C=O) groups excluding carboxylic acids is 2. The van der Waals surface area contributed by atoms with Crippen LogP contribution in [0.15, 0.2) is 0 Å². The average Bonchev–Trinajstić information content (AvgIpc) is 2.16. The third kappa shape index (κ3) is 4.21. The van der Waals surface area contributed by atoms with E-state index in [1.54, 1.807) is 13.8 Å². The number of ether oxygens (including phenoxy) is 2. The molecule has 0 heterocycles. The van der Waals surface area contributed by atoms with Gasteiger partial charge in [0.1, 0.15) is 0 Å². The van der Waals surface area contributed by atoms with Crippen LogP contribution < -0.4 is 0 Å². The summed E-state index contributed by atoms with van der Waals surface area (Å²) in [5.41, 5.74) is 0. The van der Waals surface area contributed by atoms with Gasteiger partial charge in [-0.3, -0.25) is 9.59 Å². The van der Waals surface area contributed by atoms with Gasteiger partial charge >= 0.3 is 11.9 Å². The Labute approximate surface area is 96.3 Å². The molecule has 0 aromatic carbocycles. The molecule has 92 valence electrons. The minimum Gasteiger partial charge on any atom is -0.423 e. The van der Waals surface area contributed by atoms with Crippen LogP contribution in [-0.4, -0.2) is 17.7 Å². The van der Waals surface area contributed by atoms with Gasteiger partial charge in [0.2, 0.25) is 0 Å². The molecule has 1 aliphatic rings. The molecule has 0 spiro atoms. The summed E-state index contributed by atoms with van der Waals surface area (Å²) in [7, 11) is 0. The zero-order valence-corrected chi connectivity index (χ0v) is 10.2. The molecular weight excluding hydrogens is 208 g/mol. The number of hydrogen-bond donors (Lipinski definition) is 0. The van der Waals surface area contributed by atoms with Crippen LogP contribution in [0.25, 0.3) is 0 Å². The van der Waals surface area contributed by atoms with Gasteiger partial charge in [0.25, 0.3) is 5.79 Å². The molecule has 1 rings (SSSR count). The summed E-state index contributed by atoms with van der Waals surface area (Å²) >= 11 is 0. The van der Waals surface area contributed by atoms with Crippen molar-refractivity contribution in [3.63, 3.8) is 0 Å². The van der Waals surface area contributed by atoms with E-state index in [0.29, 0.717) is 0 Å². The van der Waals surface area contributed by atoms with Crippen LogP contribution in [0.5, 0.6) is 0 Å². The van der Waals surface area contributed by atoms with Crippen LogP contribution in [0.4, 0.5) is 0 Å². The van der Waals surface area contributed by atoms with Crippen molar-refractivity contribution in [1.29, 1.82) is 0 Å². The van der Waals surface area contributed by atoms with E-state index in [0.717, 1.165) is 25.7 Å². The molecule has 0 aliphatic heterocycles. The van der Waals surface area contributed by atoms with Gasteiger partial charge in [0.05, 0.1) is 5.92 Å². The topological polar surface area (TPSA) is 52.6 Å². The molecule has 0 N–H and O–H groups in total. The van der Waals surface area contributed by atoms with Crippen molar-refractivity contribution < 1.29 is 19.1 Å². The lowest BCUT2D eigenvalue weighted by Crippen LogP contribution is -2.36. The molecular formula is C12H20O4. The van der Waals surface area contributed by atoms with Gasteiger partial charge in [0, 0.05) is 20.8 Å². The highest BCUT2D eigenvalue weighted by Crippen LogP contribution is 2.26. The highest BCUT2D eigenvalue weighted by atomic mass is 16.7. The van der Waals surface area contributed by atoms with E-state index >= 15 is 0 Å². The Balaban J connectivity index is 2.45. The highest BCUT2D eigenvalue weighted by molar-refractivity contribution is 5.73. The monoisotopic (exact) mass is 228 g/mol. The lowest BCUT2D eigenvalue weighted by molar-refractivity contribution is -0.218. The zero-order chi connectivity index (χ0) is 12.2. The van der Waals surface area contributed by atoms with Crippen molar-refractivity contribution in [2.75, 3.05) is 0 Å². The molecule has 0 unspecified atom stereocenters. The molecule has 4 nitrogen and oxygen atoms in total. The first-order chi connectivity index (χ1) is 7.41. The minimum absolute atomic E-state index is 0.0245. The van der Waals surface area contributed by atoms with Gasteiger partial charge in [-0.25, -0.2) is 0 Å². The maximum absolute atomic E-state index is 11.8. The van der Waals surface area contributed by atoms with Gasteiger partial charge in [-0.05, 0) is 12.8 Å². The summed E-state index contributed by atoms with van der Waals surface area (Å²) in [6, 6.07) is 0. The smallest absolute Gasteiger partial charge is 0.312 e. The molecule has 0 aromatic rings. The molecule has 1 aliphatic carbocycles. The average molecular weight is 228 g/mol. The quantitative estimate of drug-likeness (QED) is 0.550. The fraction of sp³-hybridized carbons (Fsp3) is 0.833. The summed E-state index contributed by atoms with van der Waals surface area (Å²) in [5.74, 6) is -1.86. The zero-order valence-electron chi connectivity index (χ0n) is 10.2. The van der Waals surface area contributed by atoms with Gasteiger partial charge in [-0.1, -0.05) is 19.3 Å². The van der Waals surface area contributed by atoms with Gasteiger partial charge in [-0.15, -0.1) is 0 Å². The predicted molar refractivity (Wildman–Crippen MR) is 58.5 cm³/mol. The first-order valence-corrected chi connectivity index (χ1v) is 5.83. The molecule has 1 fully saturated rings. The van der Waals surface area contributed by atoms with E-state index in [1.807, 2.05) is 0 Å². The lowest BCUT2D eigenvalue weighted by atomic mass is 9.89. The first kappa shape index (κ1) is 13.0. The Morgan fingerprint density at radius 2 is 1.62 bits per heavy atom. The lowest BCUT2D eigenvalue weighted by Gasteiger charge is -2.28. The summed E-state index contributed by atoms with van der Waals surface area (Å²) in [6.07, 6.45) is 5.11. The fourth-order valence-electron chi connectivity index (χ4n) is 2.03. The standard InChI is InChI=1S/C12H20O4/c1-9(13)15-12(2,3)16-11(14)10-7-5-4-6-8-10/h10H,4-8H2,1-3H3. The third-order valence-corrected chi connectivity index (χ3v) is 2.67. The van der Waals surface area contributed by atoms with E-state index in [2.05, 4.69) is 0 Å². The van der Waals surface area contributed by atoms with Gasteiger partial charge < -0.3 is 9.47 Å². The van der Waals surface area contributed by atoms with Crippen molar-refractivity contribution in [2.24, 2.45) is 5.92 Å². The Hall–Kier alpha value is -1.06. The Morgan fingerprint density at radius 3 is 2.12 bits per heavy atom. The molecule has 0 radical (unpaired) electrons. The second-order valence-electron chi connectivity index (χ2n) is 4.75. The van der Waals surface area contributed by atoms with Crippen LogP contribution in [0.1, 0.15) is 52.9 Å². The second kappa shape index (κ2) is 5.32. The van der Waals surface area contributed by atoms with E-state index < -0.39 is 11.8 Å². The normalized spacial score (nSPS) is 17.9. The molecule has 1 saturated carbocycles. The summed E-state index contributed by atoms with van der Waals surface area (Å²) in [4.78, 5) is 22.6. The fourth-order valence-corrected chi connectivity index (χ4v) is 2.03. The van der Waals surface area contributed by atoms with Gasteiger partial charge in [0.15, 0.2) is 0 Å². The number of carbonyl (C=O) groups is 2. The van der Waals surface area contributed by atoms with Crippen LogP contribution >= 0.6 is 0 Å². The summed E-state index contributed by atoms with van der Waals surface area (Å²) < 4.78 is 10.1. The molecule has 16 heavy (non-hydrogen) atoms.